The molecular weight excluding hydrogens is 344 g/mol. The number of carboxylic acid groups (broad SMARTS) is 1. The topological polar surface area (TPSA) is 83.0 Å². The van der Waals surface area contributed by atoms with Crippen molar-refractivity contribution in [3.8, 4) is 11.5 Å². The van der Waals surface area contributed by atoms with Crippen molar-refractivity contribution < 1.29 is 19.4 Å². The van der Waals surface area contributed by atoms with Gasteiger partial charge in [0.15, 0.2) is 11.5 Å². The number of aromatic carboxylic acids is 1. The highest BCUT2D eigenvalue weighted by molar-refractivity contribution is 6.33. The Balaban J connectivity index is 1.81. The fourth-order valence-electron chi connectivity index (χ4n) is 2.33. The third-order valence-electron chi connectivity index (χ3n) is 3.71. The Morgan fingerprint density at radius 1 is 1.12 bits per heavy atom. The second-order valence-corrected chi connectivity index (χ2v) is 5.91. The van der Waals surface area contributed by atoms with Gasteiger partial charge in [0.1, 0.15) is 0 Å². The van der Waals surface area contributed by atoms with Crippen LogP contribution in [0.1, 0.15) is 29.3 Å². The number of nitrogens with one attached hydrogen (secondary N) is 1. The van der Waals surface area contributed by atoms with E-state index in [1.54, 1.807) is 0 Å². The largest absolute Gasteiger partial charge is 0.545 e. The Bertz CT molecular complexity index is 836. The average Bonchev–Trinajstić information content (AvgIpc) is 2.85. The standard InChI is InChI=1S/C18H17ClN2O4/c1-11(12-4-6-16-17(10-12)25-8-2-7-24-16)20-21-15-9-13(18(22)23)3-5-14(15)19/h3-6,9-10,21H,2,7-8H2,1H3,(H,22,23)/p-1/b20-11-. The zero-order valence-electron chi connectivity index (χ0n) is 13.5. The van der Waals surface area contributed by atoms with Gasteiger partial charge >= 0.3 is 0 Å². The molecule has 6 nitrogen and oxygen atoms in total. The zero-order chi connectivity index (χ0) is 17.8. The first-order valence-corrected chi connectivity index (χ1v) is 8.13. The number of hydrogen-bond donors (Lipinski definition) is 1. The van der Waals surface area contributed by atoms with E-state index in [-0.39, 0.29) is 5.56 Å². The molecular formula is C18H16ClN2O4-. The van der Waals surface area contributed by atoms with Crippen LogP contribution in [0.15, 0.2) is 41.5 Å². The lowest BCUT2D eigenvalue weighted by Gasteiger charge is -2.11. The minimum absolute atomic E-state index is 0.0235. The number of carboxylic acids is 1. The molecule has 130 valence electrons. The Hall–Kier alpha value is -2.73. The Morgan fingerprint density at radius 3 is 2.60 bits per heavy atom. The molecule has 1 aliphatic rings. The van der Waals surface area contributed by atoms with E-state index < -0.39 is 5.97 Å². The monoisotopic (exact) mass is 359 g/mol. The predicted molar refractivity (Wildman–Crippen MR) is 93.7 cm³/mol. The van der Waals surface area contributed by atoms with E-state index in [2.05, 4.69) is 10.5 Å². The molecule has 7 heteroatoms. The second-order valence-electron chi connectivity index (χ2n) is 5.50. The lowest BCUT2D eigenvalue weighted by Crippen LogP contribution is -2.22. The summed E-state index contributed by atoms with van der Waals surface area (Å²) in [5.41, 5.74) is 4.74. The molecule has 0 bridgehead atoms. The molecule has 1 heterocycles. The van der Waals surface area contributed by atoms with Gasteiger partial charge in [0.05, 0.1) is 35.6 Å². The molecule has 0 fully saturated rings. The SMILES string of the molecule is C/C(=N/Nc1cc(C(=O)[O-])ccc1Cl)c1ccc2c(c1)OCCCO2. The molecule has 0 aromatic heterocycles. The van der Waals surface area contributed by atoms with Crippen LogP contribution in [0.25, 0.3) is 0 Å². The summed E-state index contributed by atoms with van der Waals surface area (Å²) in [6.45, 7) is 3.06. The lowest BCUT2D eigenvalue weighted by molar-refractivity contribution is -0.255. The Morgan fingerprint density at radius 2 is 1.84 bits per heavy atom. The fourth-order valence-corrected chi connectivity index (χ4v) is 2.49. The molecule has 2 aromatic carbocycles. The summed E-state index contributed by atoms with van der Waals surface area (Å²) < 4.78 is 11.3. The number of benzene rings is 2. The van der Waals surface area contributed by atoms with Gasteiger partial charge < -0.3 is 19.4 Å². The van der Waals surface area contributed by atoms with E-state index >= 15 is 0 Å². The Kier molecular flexibility index (Phi) is 5.09. The zero-order valence-corrected chi connectivity index (χ0v) is 14.3. The van der Waals surface area contributed by atoms with E-state index in [0.29, 0.717) is 41.1 Å². The summed E-state index contributed by atoms with van der Waals surface area (Å²) in [5.74, 6) is 0.122. The Labute approximate surface area is 150 Å². The smallest absolute Gasteiger partial charge is 0.161 e. The lowest BCUT2D eigenvalue weighted by atomic mass is 10.1. The summed E-state index contributed by atoms with van der Waals surface area (Å²) in [5, 5.41) is 15.6. The molecule has 25 heavy (non-hydrogen) atoms. The van der Waals surface area contributed by atoms with Crippen molar-refractivity contribution in [1.82, 2.24) is 0 Å². The molecule has 1 aliphatic heterocycles. The maximum absolute atomic E-state index is 10.9. The van der Waals surface area contributed by atoms with Gasteiger partial charge in [0.2, 0.25) is 0 Å². The van der Waals surface area contributed by atoms with Gasteiger partial charge in [-0.25, -0.2) is 0 Å². The van der Waals surface area contributed by atoms with Crippen molar-refractivity contribution in [2.24, 2.45) is 5.10 Å². The van der Waals surface area contributed by atoms with Crippen molar-refractivity contribution in [3.05, 3.63) is 52.5 Å². The van der Waals surface area contributed by atoms with Gasteiger partial charge in [0.25, 0.3) is 0 Å². The normalized spacial score (nSPS) is 13.9. The van der Waals surface area contributed by atoms with Gasteiger partial charge in [-0.1, -0.05) is 17.7 Å². The number of carbonyl (C=O) groups excluding carboxylic acids is 1. The number of hydrogen-bond acceptors (Lipinski definition) is 6. The number of fused-ring (bicyclic) bond motifs is 1. The van der Waals surface area contributed by atoms with Crippen LogP contribution in [0.3, 0.4) is 0 Å². The van der Waals surface area contributed by atoms with Crippen LogP contribution in [0.2, 0.25) is 5.02 Å². The molecule has 0 atom stereocenters. The third kappa shape index (κ3) is 4.03. The van der Waals surface area contributed by atoms with Gasteiger partial charge in [-0.3, -0.25) is 5.43 Å². The predicted octanol–water partition coefficient (Wildman–Crippen LogP) is 2.70. The molecule has 1 N–H and O–H groups in total. The fraction of sp³-hybridized carbons (Fsp3) is 0.222. The van der Waals surface area contributed by atoms with Gasteiger partial charge in [-0.05, 0) is 42.8 Å². The number of hydrazone groups is 1. The molecule has 0 saturated heterocycles. The molecule has 2 aromatic rings. The summed E-state index contributed by atoms with van der Waals surface area (Å²) in [6, 6.07) is 9.82. The first-order valence-electron chi connectivity index (χ1n) is 7.76. The highest BCUT2D eigenvalue weighted by atomic mass is 35.5. The van der Waals surface area contributed by atoms with Crippen LogP contribution in [0.4, 0.5) is 5.69 Å². The van der Waals surface area contributed by atoms with E-state index in [0.717, 1.165) is 12.0 Å². The number of nitrogens with zero attached hydrogens (tertiary/aromatic N) is 1. The van der Waals surface area contributed by atoms with E-state index in [1.165, 1.54) is 18.2 Å². The summed E-state index contributed by atoms with van der Waals surface area (Å²) in [4.78, 5) is 10.9. The van der Waals surface area contributed by atoms with Crippen molar-refractivity contribution in [2.45, 2.75) is 13.3 Å². The number of ether oxygens (including phenoxy) is 2. The number of rotatable bonds is 4. The van der Waals surface area contributed by atoms with Crippen molar-refractivity contribution in [1.29, 1.82) is 0 Å². The van der Waals surface area contributed by atoms with E-state index in [4.69, 9.17) is 21.1 Å². The molecule has 0 saturated carbocycles. The minimum Gasteiger partial charge on any atom is -0.545 e. The van der Waals surface area contributed by atoms with Crippen LogP contribution in [-0.2, 0) is 0 Å². The van der Waals surface area contributed by atoms with E-state index in [9.17, 15) is 9.90 Å². The minimum atomic E-state index is -1.27. The van der Waals surface area contributed by atoms with Gasteiger partial charge in [-0.15, -0.1) is 0 Å². The second kappa shape index (κ2) is 7.44. The van der Waals surface area contributed by atoms with Crippen LogP contribution < -0.4 is 20.0 Å². The van der Waals surface area contributed by atoms with Gasteiger partial charge in [-0.2, -0.15) is 5.10 Å². The first kappa shape index (κ1) is 17.1. The molecule has 0 spiro atoms. The third-order valence-corrected chi connectivity index (χ3v) is 4.04. The maximum Gasteiger partial charge on any atom is 0.161 e. The highest BCUT2D eigenvalue weighted by Crippen LogP contribution is 2.30. The first-order chi connectivity index (χ1) is 12.0. The van der Waals surface area contributed by atoms with Crippen molar-refractivity contribution in [2.75, 3.05) is 18.6 Å². The highest BCUT2D eigenvalue weighted by Gasteiger charge is 2.12. The van der Waals surface area contributed by atoms with Crippen LogP contribution in [0, 0.1) is 0 Å². The number of anilines is 1. The van der Waals surface area contributed by atoms with Gasteiger partial charge in [0, 0.05) is 12.0 Å². The van der Waals surface area contributed by atoms with Crippen molar-refractivity contribution in [3.63, 3.8) is 0 Å². The molecule has 0 aliphatic carbocycles. The average molecular weight is 360 g/mol. The van der Waals surface area contributed by atoms with Crippen LogP contribution >= 0.6 is 11.6 Å². The summed E-state index contributed by atoms with van der Waals surface area (Å²) in [6.07, 6.45) is 0.839. The molecule has 3 rings (SSSR count). The van der Waals surface area contributed by atoms with Crippen LogP contribution in [-0.4, -0.2) is 24.9 Å². The summed E-state index contributed by atoms with van der Waals surface area (Å²) in [7, 11) is 0. The number of halogens is 1. The van der Waals surface area contributed by atoms with Crippen LogP contribution in [0.5, 0.6) is 11.5 Å². The quantitative estimate of drug-likeness (QED) is 0.670. The molecule has 0 radical (unpaired) electrons. The number of carbonyl (C=O) groups is 1. The summed E-state index contributed by atoms with van der Waals surface area (Å²) >= 11 is 6.06. The van der Waals surface area contributed by atoms with Crippen molar-refractivity contribution >= 4 is 29.0 Å². The molecule has 0 amide bonds. The molecule has 0 unspecified atom stereocenters. The maximum atomic E-state index is 10.9. The van der Waals surface area contributed by atoms with E-state index in [1.807, 2.05) is 25.1 Å².